The van der Waals surface area contributed by atoms with Crippen LogP contribution in [0.25, 0.3) is 0 Å². The fraction of sp³-hybridized carbons (Fsp3) is 0.250. The monoisotopic (exact) mass is 289 g/mol. The number of ketones is 1. The largest absolute Gasteiger partial charge is 0.354 e. The third kappa shape index (κ3) is 2.05. The molecule has 0 saturated heterocycles. The van der Waals surface area contributed by atoms with Crippen LogP contribution in [0.15, 0.2) is 28.9 Å². The van der Waals surface area contributed by atoms with Crippen LogP contribution in [0.3, 0.4) is 0 Å². The number of Topliss-reactive ketones (excluding diaryl/α,β-unsaturated/α-hetero) is 1. The number of anilines is 1. The van der Waals surface area contributed by atoms with Crippen molar-refractivity contribution in [2.45, 2.75) is 18.2 Å². The van der Waals surface area contributed by atoms with E-state index in [2.05, 4.69) is 5.32 Å². The predicted molar refractivity (Wildman–Crippen MR) is 71.9 cm³/mol. The number of carbonyl (C=O) groups is 1. The Morgan fingerprint density at radius 1 is 1.24 bits per heavy atom. The zero-order valence-electron chi connectivity index (χ0n) is 9.27. The Hall–Kier alpha value is -0.700. The molecule has 17 heavy (non-hydrogen) atoms. The highest BCUT2D eigenvalue weighted by Gasteiger charge is 2.51. The predicted octanol–water partition coefficient (Wildman–Crippen LogP) is 3.92. The molecule has 0 unspecified atom stereocenters. The second-order valence-electron chi connectivity index (χ2n) is 4.04. The number of benzene rings is 1. The molecule has 0 saturated carbocycles. The Labute approximate surface area is 115 Å². The zero-order valence-corrected chi connectivity index (χ0v) is 11.5. The van der Waals surface area contributed by atoms with E-state index in [4.69, 9.17) is 34.8 Å². The summed E-state index contributed by atoms with van der Waals surface area (Å²) in [6, 6.07) is 5.87. The second-order valence-corrected chi connectivity index (χ2v) is 5.74. The number of halogens is 3. The molecule has 0 heterocycles. The Morgan fingerprint density at radius 3 is 2.41 bits per heavy atom. The molecule has 2 rings (SSSR count). The lowest BCUT2D eigenvalue weighted by atomic mass is 10.0. The first-order chi connectivity index (χ1) is 7.84. The smallest absolute Gasteiger partial charge is 0.222 e. The quantitative estimate of drug-likeness (QED) is 0.836. The third-order valence-electron chi connectivity index (χ3n) is 2.66. The van der Waals surface area contributed by atoms with Crippen molar-refractivity contribution in [2.24, 2.45) is 0 Å². The highest BCUT2D eigenvalue weighted by Crippen LogP contribution is 2.46. The molecule has 0 fully saturated rings. The Morgan fingerprint density at radius 2 is 1.88 bits per heavy atom. The van der Waals surface area contributed by atoms with Gasteiger partial charge in [0.05, 0.1) is 5.70 Å². The van der Waals surface area contributed by atoms with E-state index < -0.39 is 10.1 Å². The van der Waals surface area contributed by atoms with Crippen LogP contribution in [0, 0.1) is 13.8 Å². The standard InChI is InChI=1S/C12H10Cl3NO/c1-6-3-4-8(7(2)5-6)16-10-9(13)11(17)12(10,14)15/h3-5,16H,1-2H3. The molecule has 0 bridgehead atoms. The second kappa shape index (κ2) is 4.20. The molecule has 1 aromatic rings. The lowest BCUT2D eigenvalue weighted by Crippen LogP contribution is -2.43. The van der Waals surface area contributed by atoms with E-state index in [1.165, 1.54) is 0 Å². The van der Waals surface area contributed by atoms with Gasteiger partial charge in [0.25, 0.3) is 0 Å². The van der Waals surface area contributed by atoms with Crippen LogP contribution < -0.4 is 5.32 Å². The van der Waals surface area contributed by atoms with Gasteiger partial charge < -0.3 is 5.32 Å². The van der Waals surface area contributed by atoms with E-state index in [1.54, 1.807) is 0 Å². The first-order valence-electron chi connectivity index (χ1n) is 5.01. The number of nitrogens with one attached hydrogen (secondary N) is 1. The summed E-state index contributed by atoms with van der Waals surface area (Å²) in [5.74, 6) is -0.463. The van der Waals surface area contributed by atoms with E-state index in [-0.39, 0.29) is 5.03 Å². The van der Waals surface area contributed by atoms with Crippen molar-refractivity contribution < 1.29 is 4.79 Å². The van der Waals surface area contributed by atoms with E-state index in [0.29, 0.717) is 5.70 Å². The van der Waals surface area contributed by atoms with Crippen LogP contribution in [-0.2, 0) is 4.79 Å². The number of rotatable bonds is 2. The molecule has 2 nitrogen and oxygen atoms in total. The van der Waals surface area contributed by atoms with Gasteiger partial charge in [0.2, 0.25) is 10.1 Å². The molecule has 0 atom stereocenters. The maximum Gasteiger partial charge on any atom is 0.222 e. The highest BCUT2D eigenvalue weighted by molar-refractivity contribution is 6.70. The Kier molecular flexibility index (Phi) is 3.15. The zero-order chi connectivity index (χ0) is 12.8. The van der Waals surface area contributed by atoms with Crippen molar-refractivity contribution in [1.82, 2.24) is 0 Å². The summed E-state index contributed by atoms with van der Waals surface area (Å²) in [4.78, 5) is 11.3. The summed E-state index contributed by atoms with van der Waals surface area (Å²) in [6.07, 6.45) is 0. The molecular formula is C12H10Cl3NO. The number of alkyl halides is 2. The van der Waals surface area contributed by atoms with Crippen LogP contribution in [0.5, 0.6) is 0 Å². The molecule has 1 aromatic carbocycles. The van der Waals surface area contributed by atoms with E-state index >= 15 is 0 Å². The summed E-state index contributed by atoms with van der Waals surface area (Å²) in [6.45, 7) is 3.96. The third-order valence-corrected chi connectivity index (χ3v) is 3.74. The van der Waals surface area contributed by atoms with Gasteiger partial charge in [-0.15, -0.1) is 0 Å². The first-order valence-corrected chi connectivity index (χ1v) is 6.14. The number of hydrogen-bond acceptors (Lipinski definition) is 2. The van der Waals surface area contributed by atoms with Gasteiger partial charge in [-0.3, -0.25) is 4.79 Å². The van der Waals surface area contributed by atoms with Crippen LogP contribution in [-0.4, -0.2) is 10.1 Å². The van der Waals surface area contributed by atoms with Gasteiger partial charge in [-0.05, 0) is 25.5 Å². The van der Waals surface area contributed by atoms with Gasteiger partial charge in [-0.1, -0.05) is 52.5 Å². The molecule has 1 N–H and O–H groups in total. The summed E-state index contributed by atoms with van der Waals surface area (Å²) >= 11 is 17.5. The number of aryl methyl sites for hydroxylation is 2. The summed E-state index contributed by atoms with van der Waals surface area (Å²) < 4.78 is -1.55. The van der Waals surface area contributed by atoms with Crippen molar-refractivity contribution in [3.8, 4) is 0 Å². The minimum Gasteiger partial charge on any atom is -0.354 e. The normalized spacial score (nSPS) is 18.1. The lowest BCUT2D eigenvalue weighted by Gasteiger charge is -2.32. The average molecular weight is 291 g/mol. The van der Waals surface area contributed by atoms with Gasteiger partial charge in [-0.25, -0.2) is 0 Å². The van der Waals surface area contributed by atoms with E-state index in [1.807, 2.05) is 32.0 Å². The molecule has 90 valence electrons. The molecule has 5 heteroatoms. The van der Waals surface area contributed by atoms with Crippen molar-refractivity contribution in [3.63, 3.8) is 0 Å². The average Bonchev–Trinajstić information content (AvgIpc) is 2.26. The van der Waals surface area contributed by atoms with Crippen molar-refractivity contribution in [3.05, 3.63) is 40.1 Å². The number of carbonyl (C=O) groups excluding carboxylic acids is 1. The van der Waals surface area contributed by atoms with Crippen LogP contribution in [0.4, 0.5) is 5.69 Å². The molecule has 1 aliphatic carbocycles. The van der Waals surface area contributed by atoms with Crippen molar-refractivity contribution >= 4 is 46.3 Å². The molecule has 0 radical (unpaired) electrons. The molecular weight excluding hydrogens is 280 g/mol. The van der Waals surface area contributed by atoms with Gasteiger partial charge in [-0.2, -0.15) is 0 Å². The van der Waals surface area contributed by atoms with Crippen LogP contribution in [0.2, 0.25) is 0 Å². The number of hydrogen-bond donors (Lipinski definition) is 1. The minimum atomic E-state index is -1.55. The summed E-state index contributed by atoms with van der Waals surface area (Å²) in [5, 5.41) is 3.07. The van der Waals surface area contributed by atoms with Gasteiger partial charge in [0.1, 0.15) is 5.03 Å². The summed E-state index contributed by atoms with van der Waals surface area (Å²) in [5.41, 5.74) is 3.37. The van der Waals surface area contributed by atoms with Gasteiger partial charge >= 0.3 is 0 Å². The number of allylic oxidation sites excluding steroid dienone is 2. The fourth-order valence-electron chi connectivity index (χ4n) is 1.66. The molecule has 0 aromatic heterocycles. The van der Waals surface area contributed by atoms with Crippen LogP contribution >= 0.6 is 34.8 Å². The van der Waals surface area contributed by atoms with Crippen LogP contribution in [0.1, 0.15) is 11.1 Å². The summed E-state index contributed by atoms with van der Waals surface area (Å²) in [7, 11) is 0. The maximum absolute atomic E-state index is 11.3. The van der Waals surface area contributed by atoms with E-state index in [0.717, 1.165) is 16.8 Å². The Bertz CT molecular complexity index is 535. The van der Waals surface area contributed by atoms with Gasteiger partial charge in [0, 0.05) is 5.69 Å². The minimum absolute atomic E-state index is 0.0648. The van der Waals surface area contributed by atoms with Gasteiger partial charge in [0.15, 0.2) is 0 Å². The van der Waals surface area contributed by atoms with Crippen molar-refractivity contribution in [2.75, 3.05) is 5.32 Å². The van der Waals surface area contributed by atoms with Crippen molar-refractivity contribution in [1.29, 1.82) is 0 Å². The highest BCUT2D eigenvalue weighted by atomic mass is 35.5. The molecule has 1 aliphatic rings. The Balaban J connectivity index is 2.32. The first kappa shape index (κ1) is 12.7. The SMILES string of the molecule is Cc1ccc(NC2=C(Cl)C(=O)C2(Cl)Cl)c(C)c1. The molecule has 0 spiro atoms. The molecule has 0 aliphatic heterocycles. The topological polar surface area (TPSA) is 29.1 Å². The fourth-order valence-corrected chi connectivity index (χ4v) is 2.66. The lowest BCUT2D eigenvalue weighted by molar-refractivity contribution is -0.116. The maximum atomic E-state index is 11.3. The van der Waals surface area contributed by atoms with E-state index in [9.17, 15) is 4.79 Å². The molecule has 0 amide bonds.